The molecular weight excluding hydrogens is 240 g/mol. The summed E-state index contributed by atoms with van der Waals surface area (Å²) in [5.74, 6) is 1.83. The Hall–Kier alpha value is -1.52. The van der Waals surface area contributed by atoms with Gasteiger partial charge >= 0.3 is 0 Å². The van der Waals surface area contributed by atoms with Gasteiger partial charge in [-0.15, -0.1) is 0 Å². The van der Waals surface area contributed by atoms with Crippen LogP contribution in [0.1, 0.15) is 41.0 Å². The third-order valence-electron chi connectivity index (χ3n) is 2.98. The molecule has 0 amide bonds. The molecule has 0 saturated heterocycles. The smallest absolute Gasteiger partial charge is 0.242 e. The van der Waals surface area contributed by atoms with Gasteiger partial charge in [0.05, 0.1) is 6.10 Å². The van der Waals surface area contributed by atoms with E-state index in [2.05, 4.69) is 35.6 Å². The van der Waals surface area contributed by atoms with Crippen molar-refractivity contribution in [2.45, 2.75) is 53.2 Å². The maximum absolute atomic E-state index is 6.11. The van der Waals surface area contributed by atoms with E-state index in [0.29, 0.717) is 23.5 Å². The lowest BCUT2D eigenvalue weighted by molar-refractivity contribution is 0.234. The summed E-state index contributed by atoms with van der Waals surface area (Å²) in [6.07, 6.45) is 2.63. The number of anilines is 2. The normalized spacial score (nSPS) is 12.8. The Bertz CT molecular complexity index is 406. The van der Waals surface area contributed by atoms with Crippen LogP contribution in [-0.4, -0.2) is 29.2 Å². The van der Waals surface area contributed by atoms with E-state index in [-0.39, 0.29) is 6.10 Å². The molecule has 19 heavy (non-hydrogen) atoms. The van der Waals surface area contributed by atoms with E-state index >= 15 is 0 Å². The first-order valence-electron chi connectivity index (χ1n) is 6.82. The van der Waals surface area contributed by atoms with Crippen molar-refractivity contribution in [1.29, 1.82) is 0 Å². The maximum atomic E-state index is 6.11. The van der Waals surface area contributed by atoms with Crippen LogP contribution in [0, 0.1) is 5.92 Å². The first-order chi connectivity index (χ1) is 8.82. The summed E-state index contributed by atoms with van der Waals surface area (Å²) < 4.78 is 5.59. The zero-order valence-electron chi connectivity index (χ0n) is 12.8. The van der Waals surface area contributed by atoms with Crippen LogP contribution in [0.4, 0.5) is 11.5 Å². The highest BCUT2D eigenvalue weighted by Gasteiger charge is 2.18. The molecule has 0 radical (unpaired) electrons. The van der Waals surface area contributed by atoms with Gasteiger partial charge in [-0.3, -0.25) is 0 Å². The van der Waals surface area contributed by atoms with E-state index in [1.807, 2.05) is 20.9 Å². The molecule has 1 aromatic rings. The largest absolute Gasteiger partial charge is 0.473 e. The average Bonchev–Trinajstić information content (AvgIpc) is 2.29. The van der Waals surface area contributed by atoms with Gasteiger partial charge in [-0.1, -0.05) is 13.8 Å². The monoisotopic (exact) mass is 266 g/mol. The quantitative estimate of drug-likeness (QED) is 0.857. The molecule has 1 heterocycles. The second-order valence-electron chi connectivity index (χ2n) is 5.67. The fourth-order valence-electron chi connectivity index (χ4n) is 2.02. The second kappa shape index (κ2) is 6.59. The minimum absolute atomic E-state index is 0.0449. The molecule has 1 rings (SSSR count). The van der Waals surface area contributed by atoms with Gasteiger partial charge in [0.1, 0.15) is 12.0 Å². The van der Waals surface area contributed by atoms with Gasteiger partial charge in [0.25, 0.3) is 0 Å². The Morgan fingerprint density at radius 1 is 1.21 bits per heavy atom. The fourth-order valence-corrected chi connectivity index (χ4v) is 2.02. The zero-order valence-corrected chi connectivity index (χ0v) is 12.8. The molecule has 1 aromatic heterocycles. The number of hydrogen-bond acceptors (Lipinski definition) is 5. The molecule has 0 saturated carbocycles. The van der Waals surface area contributed by atoms with Crippen molar-refractivity contribution >= 4 is 11.5 Å². The lowest BCUT2D eigenvalue weighted by Crippen LogP contribution is -2.31. The number of rotatable bonds is 6. The van der Waals surface area contributed by atoms with Gasteiger partial charge in [-0.05, 0) is 33.1 Å². The summed E-state index contributed by atoms with van der Waals surface area (Å²) in [7, 11) is 2.00. The van der Waals surface area contributed by atoms with Crippen LogP contribution < -0.4 is 15.4 Å². The van der Waals surface area contributed by atoms with Crippen molar-refractivity contribution in [2.75, 3.05) is 17.7 Å². The fraction of sp³-hybridized carbons (Fsp3) is 0.714. The molecule has 108 valence electrons. The third kappa shape index (κ3) is 4.26. The Morgan fingerprint density at radius 3 is 2.37 bits per heavy atom. The summed E-state index contributed by atoms with van der Waals surface area (Å²) in [5, 5.41) is 0. The van der Waals surface area contributed by atoms with Crippen LogP contribution in [0.5, 0.6) is 5.88 Å². The van der Waals surface area contributed by atoms with E-state index in [4.69, 9.17) is 10.5 Å². The molecule has 2 N–H and O–H groups in total. The van der Waals surface area contributed by atoms with Crippen LogP contribution in [0.15, 0.2) is 6.33 Å². The predicted molar refractivity (Wildman–Crippen MR) is 79.5 cm³/mol. The number of hydrogen-bond donors (Lipinski definition) is 1. The lowest BCUT2D eigenvalue weighted by Gasteiger charge is -2.28. The zero-order chi connectivity index (χ0) is 14.6. The molecule has 5 heteroatoms. The Labute approximate surface area is 116 Å². The minimum Gasteiger partial charge on any atom is -0.473 e. The number of nitrogen functional groups attached to an aromatic ring is 1. The number of ether oxygens (including phenoxy) is 1. The molecule has 5 nitrogen and oxygen atoms in total. The molecule has 1 atom stereocenters. The first kappa shape index (κ1) is 15.5. The Kier molecular flexibility index (Phi) is 5.39. The van der Waals surface area contributed by atoms with Crippen molar-refractivity contribution in [3.8, 4) is 5.88 Å². The van der Waals surface area contributed by atoms with Crippen molar-refractivity contribution in [3.63, 3.8) is 0 Å². The molecule has 0 spiro atoms. The molecule has 0 aliphatic rings. The van der Waals surface area contributed by atoms with Crippen LogP contribution in [0.25, 0.3) is 0 Å². The third-order valence-corrected chi connectivity index (χ3v) is 2.98. The Morgan fingerprint density at radius 2 is 1.84 bits per heavy atom. The van der Waals surface area contributed by atoms with E-state index in [0.717, 1.165) is 12.2 Å². The lowest BCUT2D eigenvalue weighted by atomic mass is 10.0. The first-order valence-corrected chi connectivity index (χ1v) is 6.82. The van der Waals surface area contributed by atoms with Crippen molar-refractivity contribution in [1.82, 2.24) is 9.97 Å². The molecular formula is C14H26N4O. The van der Waals surface area contributed by atoms with E-state index in [1.165, 1.54) is 6.33 Å². The molecule has 0 aromatic carbocycles. The predicted octanol–water partition coefficient (Wildman–Crippen LogP) is 2.72. The number of nitrogens with two attached hydrogens (primary N) is 1. The van der Waals surface area contributed by atoms with Crippen LogP contribution in [0.2, 0.25) is 0 Å². The summed E-state index contributed by atoms with van der Waals surface area (Å²) in [6, 6.07) is 0.365. The standard InChI is InChI=1S/C14H26N4O/c1-9(2)7-11(5)18(6)13-12(15)14(17-8-16-13)19-10(3)4/h8-11H,7,15H2,1-6H3. The van der Waals surface area contributed by atoms with Crippen molar-refractivity contribution < 1.29 is 4.74 Å². The van der Waals surface area contributed by atoms with Gasteiger partial charge in [-0.25, -0.2) is 4.98 Å². The highest BCUT2D eigenvalue weighted by Crippen LogP contribution is 2.29. The minimum atomic E-state index is 0.0449. The highest BCUT2D eigenvalue weighted by molar-refractivity contribution is 5.67. The van der Waals surface area contributed by atoms with Crippen molar-refractivity contribution in [3.05, 3.63) is 6.33 Å². The topological polar surface area (TPSA) is 64.3 Å². The molecule has 0 aliphatic heterocycles. The van der Waals surface area contributed by atoms with Crippen LogP contribution in [0.3, 0.4) is 0 Å². The average molecular weight is 266 g/mol. The van der Waals surface area contributed by atoms with Gasteiger partial charge in [0.2, 0.25) is 5.88 Å². The number of aromatic nitrogens is 2. The molecule has 0 fully saturated rings. The summed E-state index contributed by atoms with van der Waals surface area (Å²) in [6.45, 7) is 10.5. The Balaban J connectivity index is 2.94. The summed E-state index contributed by atoms with van der Waals surface area (Å²) in [4.78, 5) is 10.5. The van der Waals surface area contributed by atoms with Crippen molar-refractivity contribution in [2.24, 2.45) is 5.92 Å². The highest BCUT2D eigenvalue weighted by atomic mass is 16.5. The van der Waals surface area contributed by atoms with Gasteiger partial charge in [-0.2, -0.15) is 4.98 Å². The summed E-state index contributed by atoms with van der Waals surface area (Å²) >= 11 is 0. The van der Waals surface area contributed by atoms with Crippen LogP contribution >= 0.6 is 0 Å². The van der Waals surface area contributed by atoms with Gasteiger partial charge in [0.15, 0.2) is 5.82 Å². The van der Waals surface area contributed by atoms with E-state index in [1.54, 1.807) is 0 Å². The maximum Gasteiger partial charge on any atom is 0.242 e. The molecule has 1 unspecified atom stereocenters. The number of nitrogens with zero attached hydrogens (tertiary/aromatic N) is 3. The van der Waals surface area contributed by atoms with E-state index in [9.17, 15) is 0 Å². The SMILES string of the molecule is CC(C)CC(C)N(C)c1ncnc(OC(C)C)c1N. The van der Waals surface area contributed by atoms with Gasteiger partial charge in [0, 0.05) is 13.1 Å². The molecule has 0 aliphatic carbocycles. The second-order valence-corrected chi connectivity index (χ2v) is 5.67. The van der Waals surface area contributed by atoms with Gasteiger partial charge < -0.3 is 15.4 Å². The summed E-state index contributed by atoms with van der Waals surface area (Å²) in [5.41, 5.74) is 6.62. The van der Waals surface area contributed by atoms with Crippen LogP contribution in [-0.2, 0) is 0 Å². The van der Waals surface area contributed by atoms with E-state index < -0.39 is 0 Å². The molecule has 0 bridgehead atoms.